The number of carbonyl (C=O) groups is 1. The number of hydrogen-bond donors (Lipinski definition) is 2. The topological polar surface area (TPSA) is 93.7 Å². The molecule has 3 rings (SSSR count). The van der Waals surface area contributed by atoms with Gasteiger partial charge in [0, 0.05) is 18.2 Å². The molecule has 1 aliphatic heterocycles. The van der Waals surface area contributed by atoms with Crippen LogP contribution in [0, 0.1) is 0 Å². The first-order chi connectivity index (χ1) is 12.9. The molecule has 1 heterocycles. The normalized spacial score (nSPS) is 14.0. The van der Waals surface area contributed by atoms with Crippen LogP contribution in [0.25, 0.3) is 0 Å². The molecule has 0 saturated heterocycles. The van der Waals surface area contributed by atoms with Crippen molar-refractivity contribution in [2.24, 2.45) is 0 Å². The standard InChI is InChI=1S/C19H22N2O5S/c1-3-13(2)21-27(23,24)16-7-5-15(6-8-16)19(22)20-11-14-4-9-17-18(10-14)26-12-25-17/h4-10,13,21H,3,11-12H2,1-2H3,(H,20,22). The molecule has 8 heteroatoms. The van der Waals surface area contributed by atoms with Gasteiger partial charge in [0.25, 0.3) is 5.91 Å². The molecule has 0 spiro atoms. The lowest BCUT2D eigenvalue weighted by atomic mass is 10.2. The van der Waals surface area contributed by atoms with Crippen LogP contribution >= 0.6 is 0 Å². The number of sulfonamides is 1. The van der Waals surface area contributed by atoms with Gasteiger partial charge in [0.15, 0.2) is 11.5 Å². The summed E-state index contributed by atoms with van der Waals surface area (Å²) in [7, 11) is -3.58. The summed E-state index contributed by atoms with van der Waals surface area (Å²) in [5, 5.41) is 2.81. The van der Waals surface area contributed by atoms with Gasteiger partial charge in [0.2, 0.25) is 16.8 Å². The summed E-state index contributed by atoms with van der Waals surface area (Å²) < 4.78 is 37.7. The zero-order valence-electron chi connectivity index (χ0n) is 15.2. The summed E-state index contributed by atoms with van der Waals surface area (Å²) in [6.45, 7) is 4.23. The van der Waals surface area contributed by atoms with Crippen molar-refractivity contribution < 1.29 is 22.7 Å². The van der Waals surface area contributed by atoms with Gasteiger partial charge in [-0.3, -0.25) is 4.79 Å². The van der Waals surface area contributed by atoms with Crippen molar-refractivity contribution in [2.45, 2.75) is 37.8 Å². The minimum absolute atomic E-state index is 0.134. The maximum atomic E-state index is 12.3. The number of carbonyl (C=O) groups excluding carboxylic acids is 1. The Hall–Kier alpha value is -2.58. The molecular formula is C19H22N2O5S. The third-order valence-electron chi connectivity index (χ3n) is 4.29. The fraction of sp³-hybridized carbons (Fsp3) is 0.316. The largest absolute Gasteiger partial charge is 0.454 e. The van der Waals surface area contributed by atoms with Crippen molar-refractivity contribution in [2.75, 3.05) is 6.79 Å². The maximum absolute atomic E-state index is 12.3. The molecule has 7 nitrogen and oxygen atoms in total. The van der Waals surface area contributed by atoms with Crippen molar-refractivity contribution in [3.8, 4) is 11.5 Å². The lowest BCUT2D eigenvalue weighted by molar-refractivity contribution is 0.0950. The number of benzene rings is 2. The highest BCUT2D eigenvalue weighted by Crippen LogP contribution is 2.32. The van der Waals surface area contributed by atoms with Crippen molar-refractivity contribution in [3.05, 3.63) is 53.6 Å². The summed E-state index contributed by atoms with van der Waals surface area (Å²) in [4.78, 5) is 12.4. The quantitative estimate of drug-likeness (QED) is 0.757. The monoisotopic (exact) mass is 390 g/mol. The van der Waals surface area contributed by atoms with Gasteiger partial charge >= 0.3 is 0 Å². The van der Waals surface area contributed by atoms with Gasteiger partial charge in [-0.1, -0.05) is 13.0 Å². The fourth-order valence-electron chi connectivity index (χ4n) is 2.54. The van der Waals surface area contributed by atoms with Gasteiger partial charge in [0.1, 0.15) is 0 Å². The Morgan fingerprint density at radius 1 is 1.11 bits per heavy atom. The smallest absolute Gasteiger partial charge is 0.251 e. The van der Waals surface area contributed by atoms with E-state index in [4.69, 9.17) is 9.47 Å². The summed E-state index contributed by atoms with van der Waals surface area (Å²) in [6, 6.07) is 11.2. The van der Waals surface area contributed by atoms with Crippen LogP contribution in [-0.2, 0) is 16.6 Å². The van der Waals surface area contributed by atoms with Crippen molar-refractivity contribution in [3.63, 3.8) is 0 Å². The van der Waals surface area contributed by atoms with E-state index in [1.807, 2.05) is 19.1 Å². The molecule has 1 unspecified atom stereocenters. The predicted molar refractivity (Wildman–Crippen MR) is 100 cm³/mol. The Bertz CT molecular complexity index is 926. The van der Waals surface area contributed by atoms with Crippen molar-refractivity contribution >= 4 is 15.9 Å². The average molecular weight is 390 g/mol. The SMILES string of the molecule is CCC(C)NS(=O)(=O)c1ccc(C(=O)NCc2ccc3c(c2)OCO3)cc1. The number of fused-ring (bicyclic) bond motifs is 1. The van der Waals surface area contributed by atoms with Crippen LogP contribution < -0.4 is 19.5 Å². The van der Waals surface area contributed by atoms with Crippen LogP contribution in [-0.4, -0.2) is 27.2 Å². The molecule has 1 atom stereocenters. The zero-order chi connectivity index (χ0) is 19.4. The number of ether oxygens (including phenoxy) is 2. The first-order valence-electron chi connectivity index (χ1n) is 8.68. The molecule has 1 aliphatic rings. The van der Waals surface area contributed by atoms with Crippen LogP contribution in [0.1, 0.15) is 36.2 Å². The van der Waals surface area contributed by atoms with Gasteiger partial charge in [0.05, 0.1) is 4.90 Å². The molecule has 0 radical (unpaired) electrons. The lowest BCUT2D eigenvalue weighted by Crippen LogP contribution is -2.32. The number of rotatable bonds is 7. The molecular weight excluding hydrogens is 368 g/mol. The molecule has 2 aromatic carbocycles. The highest BCUT2D eigenvalue weighted by molar-refractivity contribution is 7.89. The Morgan fingerprint density at radius 3 is 2.52 bits per heavy atom. The Balaban J connectivity index is 1.62. The third-order valence-corrected chi connectivity index (χ3v) is 5.89. The lowest BCUT2D eigenvalue weighted by Gasteiger charge is -2.12. The summed E-state index contributed by atoms with van der Waals surface area (Å²) >= 11 is 0. The Morgan fingerprint density at radius 2 is 1.81 bits per heavy atom. The second-order valence-corrected chi connectivity index (χ2v) is 8.04. The second-order valence-electron chi connectivity index (χ2n) is 6.33. The molecule has 1 amide bonds. The molecule has 0 saturated carbocycles. The zero-order valence-corrected chi connectivity index (χ0v) is 16.0. The molecule has 0 fully saturated rings. The number of amides is 1. The molecule has 0 bridgehead atoms. The summed E-state index contributed by atoms with van der Waals surface area (Å²) in [6.07, 6.45) is 0.694. The van der Waals surface area contributed by atoms with Crippen LogP contribution in [0.5, 0.6) is 11.5 Å². The van der Waals surface area contributed by atoms with Gasteiger partial charge in [-0.25, -0.2) is 13.1 Å². The van der Waals surface area contributed by atoms with Crippen molar-refractivity contribution in [1.82, 2.24) is 10.0 Å². The summed E-state index contributed by atoms with van der Waals surface area (Å²) in [5.74, 6) is 1.06. The van der Waals surface area contributed by atoms with E-state index in [9.17, 15) is 13.2 Å². The van der Waals surface area contributed by atoms with E-state index in [1.54, 1.807) is 13.0 Å². The van der Waals surface area contributed by atoms with E-state index in [-0.39, 0.29) is 23.6 Å². The van der Waals surface area contributed by atoms with Gasteiger partial charge < -0.3 is 14.8 Å². The number of nitrogens with one attached hydrogen (secondary N) is 2. The third kappa shape index (κ3) is 4.58. The van der Waals surface area contributed by atoms with E-state index in [2.05, 4.69) is 10.0 Å². The fourth-order valence-corrected chi connectivity index (χ4v) is 3.86. The van der Waals surface area contributed by atoms with Gasteiger partial charge in [-0.15, -0.1) is 0 Å². The van der Waals surface area contributed by atoms with Gasteiger partial charge in [-0.05, 0) is 55.3 Å². The molecule has 144 valence electrons. The predicted octanol–water partition coefficient (Wildman–Crippen LogP) is 2.42. The molecule has 27 heavy (non-hydrogen) atoms. The molecule has 2 aromatic rings. The first-order valence-corrected chi connectivity index (χ1v) is 10.2. The van der Waals surface area contributed by atoms with E-state index >= 15 is 0 Å². The highest BCUT2D eigenvalue weighted by atomic mass is 32.2. The average Bonchev–Trinajstić information content (AvgIpc) is 3.13. The van der Waals surface area contributed by atoms with E-state index < -0.39 is 10.0 Å². The molecule has 2 N–H and O–H groups in total. The highest BCUT2D eigenvalue weighted by Gasteiger charge is 2.17. The van der Waals surface area contributed by atoms with Crippen LogP contribution in [0.3, 0.4) is 0 Å². The van der Waals surface area contributed by atoms with E-state index in [0.717, 1.165) is 5.56 Å². The maximum Gasteiger partial charge on any atom is 0.251 e. The van der Waals surface area contributed by atoms with Crippen LogP contribution in [0.2, 0.25) is 0 Å². The minimum atomic E-state index is -3.58. The van der Waals surface area contributed by atoms with Gasteiger partial charge in [-0.2, -0.15) is 0 Å². The van der Waals surface area contributed by atoms with Crippen molar-refractivity contribution in [1.29, 1.82) is 0 Å². The Labute approximate surface area is 158 Å². The minimum Gasteiger partial charge on any atom is -0.454 e. The number of hydrogen-bond acceptors (Lipinski definition) is 5. The Kier molecular flexibility index (Phi) is 5.67. The summed E-state index contributed by atoms with van der Waals surface area (Å²) in [5.41, 5.74) is 1.27. The van der Waals surface area contributed by atoms with E-state index in [0.29, 0.717) is 30.0 Å². The van der Waals surface area contributed by atoms with Crippen LogP contribution in [0.4, 0.5) is 0 Å². The van der Waals surface area contributed by atoms with Crippen LogP contribution in [0.15, 0.2) is 47.4 Å². The first kappa shape index (κ1) is 19.2. The molecule has 0 aromatic heterocycles. The second kappa shape index (κ2) is 7.98. The molecule has 0 aliphatic carbocycles. The van der Waals surface area contributed by atoms with E-state index in [1.165, 1.54) is 24.3 Å².